The molecule has 1 atom stereocenters. The van der Waals surface area contributed by atoms with E-state index in [0.717, 1.165) is 11.3 Å². The van der Waals surface area contributed by atoms with Gasteiger partial charge >= 0.3 is 0 Å². The van der Waals surface area contributed by atoms with Crippen molar-refractivity contribution < 1.29 is 8.94 Å². The zero-order valence-electron chi connectivity index (χ0n) is 13.5. The van der Waals surface area contributed by atoms with E-state index in [-0.39, 0.29) is 6.04 Å². The van der Waals surface area contributed by atoms with E-state index in [9.17, 15) is 0 Å². The summed E-state index contributed by atoms with van der Waals surface area (Å²) in [6.45, 7) is 2.55. The molecule has 0 bridgehead atoms. The summed E-state index contributed by atoms with van der Waals surface area (Å²) >= 11 is 0. The molecule has 0 aliphatic heterocycles. The zero-order chi connectivity index (χ0) is 17.1. The summed E-state index contributed by atoms with van der Waals surface area (Å²) in [6, 6.07) is 11.8. The van der Waals surface area contributed by atoms with Gasteiger partial charge in [0.1, 0.15) is 12.7 Å². The standard InChI is InChI=1S/C17H16N6O2/c1-12(13-4-6-14(7-5-13)23-11-18-10-20-23)19-9-16-21-17(22-25-16)15-3-2-8-24-15/h2-8,10-12,19H,9H2,1H3/t12-/m0/s1. The van der Waals surface area contributed by atoms with E-state index in [1.165, 1.54) is 6.33 Å². The fourth-order valence-electron chi connectivity index (χ4n) is 2.45. The average molecular weight is 336 g/mol. The Bertz CT molecular complexity index is 913. The monoisotopic (exact) mass is 336 g/mol. The van der Waals surface area contributed by atoms with Crippen LogP contribution in [0.3, 0.4) is 0 Å². The van der Waals surface area contributed by atoms with Crippen LogP contribution in [0.1, 0.15) is 24.4 Å². The van der Waals surface area contributed by atoms with Gasteiger partial charge in [-0.25, -0.2) is 9.67 Å². The maximum absolute atomic E-state index is 5.25. The van der Waals surface area contributed by atoms with E-state index in [2.05, 4.69) is 44.6 Å². The smallest absolute Gasteiger partial charge is 0.241 e. The Kier molecular flexibility index (Phi) is 4.09. The highest BCUT2D eigenvalue weighted by atomic mass is 16.5. The Morgan fingerprint density at radius 1 is 1.20 bits per heavy atom. The minimum absolute atomic E-state index is 0.128. The number of aromatic nitrogens is 5. The van der Waals surface area contributed by atoms with Crippen molar-refractivity contribution in [2.75, 3.05) is 0 Å². The Balaban J connectivity index is 1.38. The van der Waals surface area contributed by atoms with Gasteiger partial charge < -0.3 is 14.3 Å². The summed E-state index contributed by atoms with van der Waals surface area (Å²) in [4.78, 5) is 8.26. The van der Waals surface area contributed by atoms with Crippen LogP contribution in [-0.4, -0.2) is 24.9 Å². The van der Waals surface area contributed by atoms with Gasteiger partial charge in [-0.2, -0.15) is 10.1 Å². The van der Waals surface area contributed by atoms with Crippen molar-refractivity contribution in [1.29, 1.82) is 0 Å². The predicted molar refractivity (Wildman–Crippen MR) is 88.6 cm³/mol. The number of benzene rings is 1. The fourth-order valence-corrected chi connectivity index (χ4v) is 2.45. The van der Waals surface area contributed by atoms with Crippen LogP contribution in [-0.2, 0) is 6.54 Å². The van der Waals surface area contributed by atoms with Crippen molar-refractivity contribution >= 4 is 0 Å². The van der Waals surface area contributed by atoms with E-state index >= 15 is 0 Å². The van der Waals surface area contributed by atoms with Crippen LogP contribution in [0.2, 0.25) is 0 Å². The van der Waals surface area contributed by atoms with Gasteiger partial charge in [-0.05, 0) is 36.8 Å². The third-order valence-electron chi connectivity index (χ3n) is 3.85. The average Bonchev–Trinajstić information content (AvgIpc) is 3.42. The van der Waals surface area contributed by atoms with Gasteiger partial charge in [-0.1, -0.05) is 17.3 Å². The summed E-state index contributed by atoms with van der Waals surface area (Å²) in [7, 11) is 0. The molecule has 4 aromatic rings. The van der Waals surface area contributed by atoms with Crippen molar-refractivity contribution in [3.8, 4) is 17.3 Å². The van der Waals surface area contributed by atoms with Crippen molar-refractivity contribution in [2.45, 2.75) is 19.5 Å². The minimum atomic E-state index is 0.128. The second-order valence-electron chi connectivity index (χ2n) is 5.52. The third kappa shape index (κ3) is 3.33. The molecule has 0 saturated carbocycles. The summed E-state index contributed by atoms with van der Waals surface area (Å²) in [6.07, 6.45) is 4.76. The van der Waals surface area contributed by atoms with Gasteiger partial charge in [0.05, 0.1) is 18.5 Å². The summed E-state index contributed by atoms with van der Waals surface area (Å²) in [5.41, 5.74) is 2.11. The lowest BCUT2D eigenvalue weighted by atomic mass is 10.1. The van der Waals surface area contributed by atoms with Crippen molar-refractivity contribution in [3.05, 3.63) is 66.8 Å². The van der Waals surface area contributed by atoms with E-state index in [1.807, 2.05) is 12.1 Å². The maximum atomic E-state index is 5.25. The number of hydrogen-bond donors (Lipinski definition) is 1. The molecule has 3 heterocycles. The Morgan fingerprint density at radius 2 is 2.08 bits per heavy atom. The first-order chi connectivity index (χ1) is 12.3. The Labute approximate surface area is 143 Å². The number of nitrogens with zero attached hydrogens (tertiary/aromatic N) is 5. The Hall–Kier alpha value is -3.26. The Morgan fingerprint density at radius 3 is 2.80 bits per heavy atom. The molecule has 0 unspecified atom stereocenters. The predicted octanol–water partition coefficient (Wildman–Crippen LogP) is 2.76. The molecule has 1 aromatic carbocycles. The minimum Gasteiger partial charge on any atom is -0.461 e. The van der Waals surface area contributed by atoms with Crippen molar-refractivity contribution in [2.24, 2.45) is 0 Å². The molecule has 1 N–H and O–H groups in total. The molecule has 25 heavy (non-hydrogen) atoms. The quantitative estimate of drug-likeness (QED) is 0.578. The van der Waals surface area contributed by atoms with Gasteiger partial charge in [0.15, 0.2) is 5.76 Å². The van der Waals surface area contributed by atoms with E-state index in [1.54, 1.807) is 29.4 Å². The third-order valence-corrected chi connectivity index (χ3v) is 3.85. The molecule has 0 fully saturated rings. The van der Waals surface area contributed by atoms with Gasteiger partial charge in [-0.15, -0.1) is 0 Å². The maximum Gasteiger partial charge on any atom is 0.241 e. The topological polar surface area (TPSA) is 94.8 Å². The summed E-state index contributed by atoms with van der Waals surface area (Å²) in [5, 5.41) is 11.4. The van der Waals surface area contributed by atoms with E-state index < -0.39 is 0 Å². The molecular formula is C17H16N6O2. The lowest BCUT2D eigenvalue weighted by Crippen LogP contribution is -2.18. The van der Waals surface area contributed by atoms with Crippen LogP contribution in [0.5, 0.6) is 0 Å². The molecule has 8 heteroatoms. The molecular weight excluding hydrogens is 320 g/mol. The second kappa shape index (κ2) is 6.70. The normalized spacial score (nSPS) is 12.4. The van der Waals surface area contributed by atoms with E-state index in [4.69, 9.17) is 8.94 Å². The van der Waals surface area contributed by atoms with Crippen molar-refractivity contribution in [1.82, 2.24) is 30.2 Å². The molecule has 3 aromatic heterocycles. The van der Waals surface area contributed by atoms with Crippen LogP contribution >= 0.6 is 0 Å². The van der Waals surface area contributed by atoms with Crippen LogP contribution in [0.15, 0.2) is 64.3 Å². The second-order valence-corrected chi connectivity index (χ2v) is 5.52. The van der Waals surface area contributed by atoms with Crippen molar-refractivity contribution in [3.63, 3.8) is 0 Å². The van der Waals surface area contributed by atoms with E-state index in [0.29, 0.717) is 24.0 Å². The first-order valence-electron chi connectivity index (χ1n) is 7.84. The number of hydrogen-bond acceptors (Lipinski definition) is 7. The molecule has 0 amide bonds. The number of rotatable bonds is 6. The molecule has 0 radical (unpaired) electrons. The molecule has 0 aliphatic rings. The van der Waals surface area contributed by atoms with Gasteiger partial charge in [0, 0.05) is 6.04 Å². The molecule has 4 rings (SSSR count). The largest absolute Gasteiger partial charge is 0.461 e. The number of furan rings is 1. The summed E-state index contributed by atoms with van der Waals surface area (Å²) < 4.78 is 12.2. The van der Waals surface area contributed by atoms with Gasteiger partial charge in [0.2, 0.25) is 11.7 Å². The highest BCUT2D eigenvalue weighted by Gasteiger charge is 2.12. The van der Waals surface area contributed by atoms with Crippen LogP contribution in [0.25, 0.3) is 17.3 Å². The highest BCUT2D eigenvalue weighted by Crippen LogP contribution is 2.18. The molecule has 0 aliphatic carbocycles. The fraction of sp³-hybridized carbons (Fsp3) is 0.176. The first-order valence-corrected chi connectivity index (χ1v) is 7.84. The molecule has 0 spiro atoms. The lowest BCUT2D eigenvalue weighted by Gasteiger charge is -2.13. The molecule has 126 valence electrons. The number of nitrogens with one attached hydrogen (secondary N) is 1. The molecule has 0 saturated heterocycles. The van der Waals surface area contributed by atoms with Gasteiger partial charge in [0.25, 0.3) is 0 Å². The highest BCUT2D eigenvalue weighted by molar-refractivity contribution is 5.44. The summed E-state index contributed by atoms with van der Waals surface area (Å²) in [5.74, 6) is 1.55. The lowest BCUT2D eigenvalue weighted by molar-refractivity contribution is 0.360. The zero-order valence-corrected chi connectivity index (χ0v) is 13.5. The first kappa shape index (κ1) is 15.3. The van der Waals surface area contributed by atoms with Crippen LogP contribution < -0.4 is 5.32 Å². The molecule has 8 nitrogen and oxygen atoms in total. The SMILES string of the molecule is C[C@H](NCc1nc(-c2ccco2)no1)c1ccc(-n2cncn2)cc1. The van der Waals surface area contributed by atoms with Gasteiger partial charge in [-0.3, -0.25) is 0 Å². The van der Waals surface area contributed by atoms with Crippen LogP contribution in [0, 0.1) is 0 Å². The van der Waals surface area contributed by atoms with Crippen LogP contribution in [0.4, 0.5) is 0 Å².